The van der Waals surface area contributed by atoms with E-state index in [4.69, 9.17) is 30.5 Å². The molecule has 150 valence electrons. The van der Waals surface area contributed by atoms with Crippen LogP contribution in [0.1, 0.15) is 29.3 Å². The molecule has 1 N–H and O–H groups in total. The fourth-order valence-corrected chi connectivity index (χ4v) is 2.64. The Hall–Kier alpha value is -2.93. The molecule has 0 fully saturated rings. The topological polar surface area (TPSA) is 78.4 Å². The average molecular weight is 407 g/mol. The second-order valence-electron chi connectivity index (χ2n) is 5.65. The van der Waals surface area contributed by atoms with E-state index >= 15 is 0 Å². The predicted octanol–water partition coefficient (Wildman–Crippen LogP) is 3.92. The van der Waals surface area contributed by atoms with Crippen LogP contribution < -0.4 is 24.4 Å². The van der Waals surface area contributed by atoms with Gasteiger partial charge in [0.1, 0.15) is 0 Å². The van der Waals surface area contributed by atoms with Crippen LogP contribution in [0.3, 0.4) is 0 Å². The van der Waals surface area contributed by atoms with Gasteiger partial charge in [0.2, 0.25) is 0 Å². The zero-order valence-electron chi connectivity index (χ0n) is 16.2. The Morgan fingerprint density at radius 2 is 1.79 bits per heavy atom. The highest BCUT2D eigenvalue weighted by molar-refractivity contribution is 6.32. The number of hydrazone groups is 1. The third-order valence-electron chi connectivity index (χ3n) is 3.73. The summed E-state index contributed by atoms with van der Waals surface area (Å²) in [6.45, 7) is 2.54. The van der Waals surface area contributed by atoms with Crippen molar-refractivity contribution < 1.29 is 23.7 Å². The first-order valence-electron chi connectivity index (χ1n) is 8.59. The lowest BCUT2D eigenvalue weighted by Crippen LogP contribution is -2.17. The van der Waals surface area contributed by atoms with Crippen LogP contribution in [0, 0.1) is 0 Å². The fraction of sp³-hybridized carbons (Fsp3) is 0.300. The maximum atomic E-state index is 12.3. The predicted molar refractivity (Wildman–Crippen MR) is 108 cm³/mol. The summed E-state index contributed by atoms with van der Waals surface area (Å²) in [6.07, 6.45) is 2.32. The first kappa shape index (κ1) is 21.4. The van der Waals surface area contributed by atoms with Gasteiger partial charge >= 0.3 is 0 Å². The van der Waals surface area contributed by atoms with Crippen LogP contribution in [0.5, 0.6) is 23.0 Å². The largest absolute Gasteiger partial charge is 0.493 e. The van der Waals surface area contributed by atoms with Crippen molar-refractivity contribution in [3.63, 3.8) is 0 Å². The number of halogens is 1. The molecule has 0 unspecified atom stereocenters. The van der Waals surface area contributed by atoms with E-state index in [1.807, 2.05) is 6.92 Å². The summed E-state index contributed by atoms with van der Waals surface area (Å²) in [5.74, 6) is 1.58. The molecule has 0 saturated carbocycles. The molecule has 0 saturated heterocycles. The van der Waals surface area contributed by atoms with Crippen LogP contribution in [0.2, 0.25) is 5.02 Å². The molecule has 0 aliphatic carbocycles. The Morgan fingerprint density at radius 1 is 1.07 bits per heavy atom. The minimum absolute atomic E-state index is 0.383. The average Bonchev–Trinajstić information content (AvgIpc) is 2.71. The first-order valence-corrected chi connectivity index (χ1v) is 8.97. The van der Waals surface area contributed by atoms with Gasteiger partial charge in [-0.1, -0.05) is 18.5 Å². The molecule has 0 aromatic heterocycles. The van der Waals surface area contributed by atoms with Gasteiger partial charge in [0.05, 0.1) is 39.2 Å². The lowest BCUT2D eigenvalue weighted by molar-refractivity contribution is 0.0954. The van der Waals surface area contributed by atoms with E-state index in [1.54, 1.807) is 30.3 Å². The summed E-state index contributed by atoms with van der Waals surface area (Å²) in [5.41, 5.74) is 3.50. The Balaban J connectivity index is 2.11. The molecular formula is C20H23ClN2O5. The molecule has 0 aliphatic rings. The summed E-state index contributed by atoms with van der Waals surface area (Å²) in [6, 6.07) is 8.25. The number of benzene rings is 2. The molecule has 2 aromatic rings. The molecule has 2 rings (SSSR count). The normalized spacial score (nSPS) is 10.6. The quantitative estimate of drug-likeness (QED) is 0.504. The summed E-state index contributed by atoms with van der Waals surface area (Å²) >= 11 is 6.27. The number of amides is 1. The number of hydrogen-bond donors (Lipinski definition) is 1. The van der Waals surface area contributed by atoms with Gasteiger partial charge in [-0.2, -0.15) is 5.10 Å². The van der Waals surface area contributed by atoms with Crippen molar-refractivity contribution in [3.8, 4) is 23.0 Å². The van der Waals surface area contributed by atoms with Gasteiger partial charge in [-0.15, -0.1) is 0 Å². The minimum Gasteiger partial charge on any atom is -0.493 e. The molecule has 0 aliphatic heterocycles. The van der Waals surface area contributed by atoms with E-state index in [0.29, 0.717) is 45.8 Å². The summed E-state index contributed by atoms with van der Waals surface area (Å²) < 4.78 is 21.3. The van der Waals surface area contributed by atoms with Crippen molar-refractivity contribution in [2.45, 2.75) is 13.3 Å². The Labute approximate surface area is 169 Å². The van der Waals surface area contributed by atoms with Gasteiger partial charge in [0.15, 0.2) is 23.0 Å². The van der Waals surface area contributed by atoms with Gasteiger partial charge < -0.3 is 18.9 Å². The maximum Gasteiger partial charge on any atom is 0.271 e. The summed E-state index contributed by atoms with van der Waals surface area (Å²) in [7, 11) is 4.56. The fourth-order valence-electron chi connectivity index (χ4n) is 2.37. The van der Waals surface area contributed by atoms with Gasteiger partial charge in [0, 0.05) is 5.56 Å². The number of carbonyl (C=O) groups excluding carboxylic acids is 1. The molecular weight excluding hydrogens is 384 g/mol. The second kappa shape index (κ2) is 10.4. The van der Waals surface area contributed by atoms with Crippen LogP contribution in [0.4, 0.5) is 0 Å². The number of ether oxygens (including phenoxy) is 4. The Morgan fingerprint density at radius 3 is 2.43 bits per heavy atom. The van der Waals surface area contributed by atoms with Crippen LogP contribution in [0.25, 0.3) is 0 Å². The molecule has 2 aromatic carbocycles. The molecule has 1 amide bonds. The number of methoxy groups -OCH3 is 3. The van der Waals surface area contributed by atoms with E-state index in [9.17, 15) is 4.79 Å². The van der Waals surface area contributed by atoms with Crippen molar-refractivity contribution in [2.75, 3.05) is 27.9 Å². The minimum atomic E-state index is -0.391. The second-order valence-corrected chi connectivity index (χ2v) is 6.06. The highest BCUT2D eigenvalue weighted by Crippen LogP contribution is 2.36. The third kappa shape index (κ3) is 5.29. The van der Waals surface area contributed by atoms with Gasteiger partial charge in [-0.25, -0.2) is 5.43 Å². The van der Waals surface area contributed by atoms with Crippen molar-refractivity contribution in [2.24, 2.45) is 5.10 Å². The van der Waals surface area contributed by atoms with E-state index in [-0.39, 0.29) is 0 Å². The third-order valence-corrected chi connectivity index (χ3v) is 4.01. The Kier molecular flexibility index (Phi) is 7.95. The van der Waals surface area contributed by atoms with Crippen LogP contribution in [0.15, 0.2) is 35.4 Å². The molecule has 0 radical (unpaired) electrons. The molecule has 0 spiro atoms. The summed E-state index contributed by atoms with van der Waals surface area (Å²) in [4.78, 5) is 12.3. The molecule has 7 nitrogen and oxygen atoms in total. The van der Waals surface area contributed by atoms with Crippen molar-refractivity contribution in [3.05, 3.63) is 46.5 Å². The molecule has 8 heteroatoms. The molecule has 0 atom stereocenters. The maximum absolute atomic E-state index is 12.3. The number of nitrogens with zero attached hydrogens (tertiary/aromatic N) is 1. The smallest absolute Gasteiger partial charge is 0.271 e. The van der Waals surface area contributed by atoms with Crippen LogP contribution in [-0.2, 0) is 0 Å². The van der Waals surface area contributed by atoms with Gasteiger partial charge in [0.25, 0.3) is 5.91 Å². The zero-order chi connectivity index (χ0) is 20.5. The van der Waals surface area contributed by atoms with E-state index < -0.39 is 5.91 Å². The van der Waals surface area contributed by atoms with E-state index in [0.717, 1.165) is 6.42 Å². The van der Waals surface area contributed by atoms with Crippen molar-refractivity contribution in [1.82, 2.24) is 5.43 Å². The lowest BCUT2D eigenvalue weighted by Gasteiger charge is -2.12. The van der Waals surface area contributed by atoms with Crippen LogP contribution in [-0.4, -0.2) is 40.1 Å². The number of nitrogens with one attached hydrogen (secondary N) is 1. The van der Waals surface area contributed by atoms with Crippen molar-refractivity contribution in [1.29, 1.82) is 0 Å². The number of carbonyl (C=O) groups is 1. The Bertz CT molecular complexity index is 855. The highest BCUT2D eigenvalue weighted by Gasteiger charge is 2.12. The van der Waals surface area contributed by atoms with E-state index in [1.165, 1.54) is 27.5 Å². The first-order chi connectivity index (χ1) is 13.5. The highest BCUT2D eigenvalue weighted by atomic mass is 35.5. The van der Waals surface area contributed by atoms with E-state index in [2.05, 4.69) is 10.5 Å². The van der Waals surface area contributed by atoms with Gasteiger partial charge in [-0.05, 0) is 42.3 Å². The monoisotopic (exact) mass is 406 g/mol. The molecule has 28 heavy (non-hydrogen) atoms. The molecule has 0 heterocycles. The van der Waals surface area contributed by atoms with Crippen LogP contribution >= 0.6 is 11.6 Å². The number of rotatable bonds is 9. The SMILES string of the molecule is CCCOc1c(Cl)cc(/C=N/NC(=O)c2ccc(OC)c(OC)c2)cc1OC. The van der Waals surface area contributed by atoms with Gasteiger partial charge in [-0.3, -0.25) is 4.79 Å². The standard InChI is InChI=1S/C20H23ClN2O5/c1-5-8-28-19-15(21)9-13(10-18(19)27-4)12-22-23-20(24)14-6-7-16(25-2)17(11-14)26-3/h6-7,9-12H,5,8H2,1-4H3,(H,23,24)/b22-12+. The molecule has 0 bridgehead atoms. The zero-order valence-corrected chi connectivity index (χ0v) is 17.0. The van der Waals surface area contributed by atoms with Crippen molar-refractivity contribution >= 4 is 23.7 Å². The number of hydrogen-bond acceptors (Lipinski definition) is 6. The summed E-state index contributed by atoms with van der Waals surface area (Å²) in [5, 5.41) is 4.38. The lowest BCUT2D eigenvalue weighted by atomic mass is 10.2.